The molecule has 2 nitrogen and oxygen atoms in total. The van der Waals surface area contributed by atoms with E-state index in [0.29, 0.717) is 35.2 Å². The molecule has 5 saturated carbocycles. The van der Waals surface area contributed by atoms with Crippen molar-refractivity contribution in [2.75, 3.05) is 0 Å². The van der Waals surface area contributed by atoms with E-state index in [1.54, 1.807) is 0 Å². The van der Waals surface area contributed by atoms with Crippen molar-refractivity contribution in [2.45, 2.75) is 6.42 Å². The normalized spacial score (nSPS) is 74.2. The fourth-order valence-corrected chi connectivity index (χ4v) is 5.80. The average Bonchev–Trinajstić information content (AvgIpc) is 2.52. The summed E-state index contributed by atoms with van der Waals surface area (Å²) in [7, 11) is 0. The summed E-state index contributed by atoms with van der Waals surface area (Å²) in [6.45, 7) is 0. The van der Waals surface area contributed by atoms with Crippen molar-refractivity contribution in [1.29, 1.82) is 0 Å². The van der Waals surface area contributed by atoms with Gasteiger partial charge in [0.2, 0.25) is 0 Å². The highest BCUT2D eigenvalue weighted by molar-refractivity contribution is 6.06. The molecule has 5 rings (SSSR count). The number of carbonyl (C=O) groups is 2. The minimum atomic E-state index is 0.211. The molecule has 8 atom stereocenters. The maximum absolute atomic E-state index is 11.9. The first kappa shape index (κ1) is 5.94. The van der Waals surface area contributed by atoms with Gasteiger partial charge in [0.1, 0.15) is 11.6 Å². The molecule has 66 valence electrons. The fraction of sp³-hybridized carbons (Fsp3) is 0.818. The number of hydrogen-bond acceptors (Lipinski definition) is 2. The third-order valence-electron chi connectivity index (χ3n) is 5.82. The van der Waals surface area contributed by atoms with Gasteiger partial charge in [0.15, 0.2) is 0 Å². The van der Waals surface area contributed by atoms with Crippen LogP contribution in [-0.4, -0.2) is 11.6 Å². The first-order valence-electron chi connectivity index (χ1n) is 5.38. The summed E-state index contributed by atoms with van der Waals surface area (Å²) in [5.41, 5.74) is 0. The Balaban J connectivity index is 1.92. The average molecular weight is 174 g/mol. The van der Waals surface area contributed by atoms with Gasteiger partial charge in [-0.15, -0.1) is 0 Å². The lowest BCUT2D eigenvalue weighted by Crippen LogP contribution is -2.47. The van der Waals surface area contributed by atoms with Gasteiger partial charge in [-0.2, -0.15) is 0 Å². The van der Waals surface area contributed by atoms with Gasteiger partial charge in [-0.1, -0.05) is 0 Å². The Labute approximate surface area is 75.7 Å². The van der Waals surface area contributed by atoms with E-state index in [0.717, 1.165) is 0 Å². The molecule has 0 N–H and O–H groups in total. The van der Waals surface area contributed by atoms with Crippen molar-refractivity contribution >= 4 is 11.6 Å². The zero-order chi connectivity index (χ0) is 8.48. The van der Waals surface area contributed by atoms with Crippen LogP contribution in [0.1, 0.15) is 6.42 Å². The lowest BCUT2D eigenvalue weighted by Gasteiger charge is -2.42. The summed E-state index contributed by atoms with van der Waals surface area (Å²) in [6, 6.07) is 0. The van der Waals surface area contributed by atoms with E-state index in [1.807, 2.05) is 0 Å². The SMILES string of the molecule is O=C1C2C3CC4C2C(=O)C2C1C3C42. The number of rotatable bonds is 0. The number of hydrogen-bond donors (Lipinski definition) is 0. The Bertz CT molecular complexity index is 346. The molecule has 0 heterocycles. The Hall–Kier alpha value is -0.660. The van der Waals surface area contributed by atoms with E-state index in [-0.39, 0.29) is 23.7 Å². The standard InChI is InChI=1S/C11H10O2/c12-10-6-2-1-3-5-4(2)8(10)9(5)11(13)7(3)6/h2-9H,1H2. The zero-order valence-corrected chi connectivity index (χ0v) is 7.14. The summed E-state index contributed by atoms with van der Waals surface area (Å²) in [6.07, 6.45) is 1.22. The molecule has 0 aromatic carbocycles. The predicted molar refractivity (Wildman–Crippen MR) is 42.6 cm³/mol. The fourth-order valence-electron chi connectivity index (χ4n) is 5.80. The van der Waals surface area contributed by atoms with Crippen molar-refractivity contribution in [2.24, 2.45) is 47.3 Å². The maximum atomic E-state index is 11.9. The van der Waals surface area contributed by atoms with Crippen LogP contribution in [0.15, 0.2) is 0 Å². The van der Waals surface area contributed by atoms with E-state index < -0.39 is 0 Å². The highest BCUT2D eigenvalue weighted by atomic mass is 16.1. The molecule has 5 aliphatic carbocycles. The van der Waals surface area contributed by atoms with Gasteiger partial charge < -0.3 is 0 Å². The minimum Gasteiger partial charge on any atom is -0.299 e. The van der Waals surface area contributed by atoms with Gasteiger partial charge in [0.25, 0.3) is 0 Å². The smallest absolute Gasteiger partial charge is 0.141 e. The number of ketones is 2. The van der Waals surface area contributed by atoms with Crippen LogP contribution in [0, 0.1) is 47.3 Å². The van der Waals surface area contributed by atoms with Crippen LogP contribution >= 0.6 is 0 Å². The molecule has 13 heavy (non-hydrogen) atoms. The van der Waals surface area contributed by atoms with Gasteiger partial charge in [-0.05, 0) is 30.1 Å². The molecule has 5 fully saturated rings. The molecule has 0 radical (unpaired) electrons. The number of Topliss-reactive ketones (excluding diaryl/α,β-unsaturated/α-hetero) is 2. The van der Waals surface area contributed by atoms with Gasteiger partial charge in [0.05, 0.1) is 0 Å². The Morgan fingerprint density at radius 2 is 1.23 bits per heavy atom. The molecule has 0 aromatic rings. The number of fused-ring (bicyclic) bond motifs is 2. The largest absolute Gasteiger partial charge is 0.299 e. The van der Waals surface area contributed by atoms with Gasteiger partial charge in [-0.25, -0.2) is 0 Å². The zero-order valence-electron chi connectivity index (χ0n) is 7.14. The topological polar surface area (TPSA) is 34.1 Å². The van der Waals surface area contributed by atoms with E-state index in [2.05, 4.69) is 0 Å². The number of carbonyl (C=O) groups excluding carboxylic acids is 2. The monoisotopic (exact) mass is 174 g/mol. The molecule has 0 saturated heterocycles. The molecule has 0 amide bonds. The molecule has 2 heteroatoms. The third-order valence-corrected chi connectivity index (χ3v) is 5.82. The van der Waals surface area contributed by atoms with Crippen LogP contribution in [-0.2, 0) is 9.59 Å². The second-order valence-electron chi connectivity index (χ2n) is 5.63. The molecule has 5 aliphatic rings. The quantitative estimate of drug-likeness (QED) is 0.536. The van der Waals surface area contributed by atoms with Gasteiger partial charge in [0, 0.05) is 23.7 Å². The lowest BCUT2D eigenvalue weighted by atomic mass is 9.59. The van der Waals surface area contributed by atoms with Crippen molar-refractivity contribution in [3.8, 4) is 0 Å². The Morgan fingerprint density at radius 1 is 0.769 bits per heavy atom. The highest BCUT2D eigenvalue weighted by Crippen LogP contribution is 2.80. The summed E-state index contributed by atoms with van der Waals surface area (Å²) < 4.78 is 0. The summed E-state index contributed by atoms with van der Waals surface area (Å²) in [5.74, 6) is 4.49. The van der Waals surface area contributed by atoms with Gasteiger partial charge in [-0.3, -0.25) is 9.59 Å². The highest BCUT2D eigenvalue weighted by Gasteiger charge is 2.84. The molecule has 8 unspecified atom stereocenters. The lowest BCUT2D eigenvalue weighted by molar-refractivity contribution is -0.145. The van der Waals surface area contributed by atoms with Gasteiger partial charge >= 0.3 is 0 Å². The first-order valence-corrected chi connectivity index (χ1v) is 5.38. The van der Waals surface area contributed by atoms with Crippen LogP contribution in [0.25, 0.3) is 0 Å². The van der Waals surface area contributed by atoms with E-state index in [1.165, 1.54) is 6.42 Å². The summed E-state index contributed by atoms with van der Waals surface area (Å²) in [4.78, 5) is 23.8. The second-order valence-corrected chi connectivity index (χ2v) is 5.63. The van der Waals surface area contributed by atoms with Crippen LogP contribution in [0.2, 0.25) is 0 Å². The molecule has 2 bridgehead atoms. The second kappa shape index (κ2) is 1.32. The first-order chi connectivity index (χ1) is 6.30. The van der Waals surface area contributed by atoms with Crippen LogP contribution in [0.3, 0.4) is 0 Å². The Morgan fingerprint density at radius 3 is 1.69 bits per heavy atom. The van der Waals surface area contributed by atoms with Crippen molar-refractivity contribution in [3.05, 3.63) is 0 Å². The van der Waals surface area contributed by atoms with E-state index >= 15 is 0 Å². The molecule has 0 aliphatic heterocycles. The predicted octanol–water partition coefficient (Wildman–Crippen LogP) is 0.512. The summed E-state index contributed by atoms with van der Waals surface area (Å²) >= 11 is 0. The molecular weight excluding hydrogens is 164 g/mol. The van der Waals surface area contributed by atoms with Crippen molar-refractivity contribution < 1.29 is 9.59 Å². The van der Waals surface area contributed by atoms with E-state index in [9.17, 15) is 9.59 Å². The Kier molecular flexibility index (Phi) is 0.602. The maximum Gasteiger partial charge on any atom is 0.141 e. The molecule has 0 spiro atoms. The van der Waals surface area contributed by atoms with Crippen LogP contribution < -0.4 is 0 Å². The summed E-state index contributed by atoms with van der Waals surface area (Å²) in [5, 5.41) is 0. The van der Waals surface area contributed by atoms with Crippen molar-refractivity contribution in [3.63, 3.8) is 0 Å². The van der Waals surface area contributed by atoms with E-state index in [4.69, 9.17) is 0 Å². The molecule has 0 aromatic heterocycles. The van der Waals surface area contributed by atoms with Crippen LogP contribution in [0.4, 0.5) is 0 Å². The minimum absolute atomic E-state index is 0.211. The molecular formula is C11H10O2. The third kappa shape index (κ3) is 0.323. The van der Waals surface area contributed by atoms with Crippen molar-refractivity contribution in [1.82, 2.24) is 0 Å². The van der Waals surface area contributed by atoms with Crippen LogP contribution in [0.5, 0.6) is 0 Å².